The Balaban J connectivity index is 1.56. The van der Waals surface area contributed by atoms with Gasteiger partial charge in [0.15, 0.2) is 0 Å². The molecule has 2 aromatic carbocycles. The lowest BCUT2D eigenvalue weighted by molar-refractivity contribution is -0.121. The average Bonchev–Trinajstić information content (AvgIpc) is 3.23. The standard InChI is InChI=1S/C22H19N3O4/c1-13-14(2)29-22(23-13)16-6-3-7-17(11-16)24-21(28)15-5-4-8-18(12-15)25-19(26)9-10-20(25)27/h3-8,11-12H,9-10H2,1-2H3,(H,24,28). The average molecular weight is 389 g/mol. The molecule has 1 saturated heterocycles. The van der Waals surface area contributed by atoms with Gasteiger partial charge in [-0.05, 0) is 50.2 Å². The zero-order valence-electron chi connectivity index (χ0n) is 16.1. The summed E-state index contributed by atoms with van der Waals surface area (Å²) >= 11 is 0. The zero-order chi connectivity index (χ0) is 20.5. The van der Waals surface area contributed by atoms with Crippen molar-refractivity contribution in [3.05, 3.63) is 65.5 Å². The Kier molecular flexibility index (Phi) is 4.72. The minimum Gasteiger partial charge on any atom is -0.441 e. The highest BCUT2D eigenvalue weighted by Gasteiger charge is 2.30. The van der Waals surface area contributed by atoms with Gasteiger partial charge in [0.25, 0.3) is 5.91 Å². The van der Waals surface area contributed by atoms with Crippen LogP contribution in [-0.4, -0.2) is 22.7 Å². The molecule has 7 heteroatoms. The number of carbonyl (C=O) groups is 3. The van der Waals surface area contributed by atoms with E-state index >= 15 is 0 Å². The summed E-state index contributed by atoms with van der Waals surface area (Å²) in [6, 6.07) is 13.7. The molecule has 1 aliphatic heterocycles. The summed E-state index contributed by atoms with van der Waals surface area (Å²) in [4.78, 5) is 42.1. The van der Waals surface area contributed by atoms with Crippen molar-refractivity contribution in [2.24, 2.45) is 0 Å². The molecule has 0 spiro atoms. The summed E-state index contributed by atoms with van der Waals surface area (Å²) in [6.45, 7) is 3.72. The van der Waals surface area contributed by atoms with Gasteiger partial charge in [-0.3, -0.25) is 19.3 Å². The fourth-order valence-electron chi connectivity index (χ4n) is 3.18. The van der Waals surface area contributed by atoms with Crippen molar-refractivity contribution in [1.29, 1.82) is 0 Å². The van der Waals surface area contributed by atoms with E-state index in [0.717, 1.165) is 21.9 Å². The molecule has 0 unspecified atom stereocenters. The number of rotatable bonds is 4. The normalized spacial score (nSPS) is 13.8. The van der Waals surface area contributed by atoms with Crippen molar-refractivity contribution in [3.63, 3.8) is 0 Å². The fourth-order valence-corrected chi connectivity index (χ4v) is 3.18. The molecule has 4 rings (SSSR count). The van der Waals surface area contributed by atoms with Gasteiger partial charge in [0.05, 0.1) is 11.4 Å². The minimum absolute atomic E-state index is 0.196. The van der Waals surface area contributed by atoms with Crippen LogP contribution in [0.3, 0.4) is 0 Å². The second-order valence-electron chi connectivity index (χ2n) is 6.87. The SMILES string of the molecule is Cc1nc(-c2cccc(NC(=O)c3cccc(N4C(=O)CCC4=O)c3)c2)oc1C. The van der Waals surface area contributed by atoms with Gasteiger partial charge in [-0.2, -0.15) is 0 Å². The largest absolute Gasteiger partial charge is 0.441 e. The highest BCUT2D eigenvalue weighted by atomic mass is 16.4. The molecule has 3 amide bonds. The first kappa shape index (κ1) is 18.6. The summed E-state index contributed by atoms with van der Waals surface area (Å²) in [5.74, 6) is 0.387. The molecule has 1 aliphatic rings. The number of nitrogens with one attached hydrogen (secondary N) is 1. The number of anilines is 2. The summed E-state index contributed by atoms with van der Waals surface area (Å²) in [6.07, 6.45) is 0.392. The molecule has 0 saturated carbocycles. The topological polar surface area (TPSA) is 92.5 Å². The molecule has 2 heterocycles. The van der Waals surface area contributed by atoms with Gasteiger partial charge in [0.2, 0.25) is 17.7 Å². The van der Waals surface area contributed by atoms with Crippen LogP contribution >= 0.6 is 0 Å². The first-order valence-corrected chi connectivity index (χ1v) is 9.24. The molecular formula is C22H19N3O4. The maximum atomic E-state index is 12.7. The molecule has 0 radical (unpaired) electrons. The Labute approximate surface area is 167 Å². The van der Waals surface area contributed by atoms with Gasteiger partial charge in [0.1, 0.15) is 5.76 Å². The molecule has 0 bridgehead atoms. The van der Waals surface area contributed by atoms with Crippen LogP contribution in [0.25, 0.3) is 11.5 Å². The maximum absolute atomic E-state index is 12.7. The number of hydrogen-bond donors (Lipinski definition) is 1. The number of imide groups is 1. The molecule has 3 aromatic rings. The number of hydrogen-bond acceptors (Lipinski definition) is 5. The van der Waals surface area contributed by atoms with Gasteiger partial charge < -0.3 is 9.73 Å². The van der Waals surface area contributed by atoms with Crippen LogP contribution in [0.5, 0.6) is 0 Å². The lowest BCUT2D eigenvalue weighted by Gasteiger charge is -2.15. The van der Waals surface area contributed by atoms with Gasteiger partial charge in [0, 0.05) is 29.7 Å². The van der Waals surface area contributed by atoms with Crippen molar-refractivity contribution >= 4 is 29.1 Å². The molecule has 1 aromatic heterocycles. The number of oxazole rings is 1. The van der Waals surface area contributed by atoms with Crippen LogP contribution in [0, 0.1) is 13.8 Å². The number of carbonyl (C=O) groups excluding carboxylic acids is 3. The van der Waals surface area contributed by atoms with Crippen molar-refractivity contribution in [2.45, 2.75) is 26.7 Å². The molecule has 0 aliphatic carbocycles. The van der Waals surface area contributed by atoms with Gasteiger partial charge >= 0.3 is 0 Å². The van der Waals surface area contributed by atoms with Gasteiger partial charge in [-0.15, -0.1) is 0 Å². The first-order chi connectivity index (χ1) is 13.9. The molecule has 29 heavy (non-hydrogen) atoms. The first-order valence-electron chi connectivity index (χ1n) is 9.24. The van der Waals surface area contributed by atoms with Crippen LogP contribution in [-0.2, 0) is 9.59 Å². The second-order valence-corrected chi connectivity index (χ2v) is 6.87. The number of aryl methyl sites for hydroxylation is 2. The van der Waals surface area contributed by atoms with Crippen LogP contribution in [0.15, 0.2) is 52.9 Å². The molecule has 1 fully saturated rings. The van der Waals surface area contributed by atoms with E-state index in [9.17, 15) is 14.4 Å². The van der Waals surface area contributed by atoms with Crippen molar-refractivity contribution in [1.82, 2.24) is 4.98 Å². The van der Waals surface area contributed by atoms with Crippen molar-refractivity contribution in [3.8, 4) is 11.5 Å². The quantitative estimate of drug-likeness (QED) is 0.684. The summed E-state index contributed by atoms with van der Waals surface area (Å²) in [5, 5.41) is 2.83. The number of amides is 3. The van der Waals surface area contributed by atoms with E-state index in [1.807, 2.05) is 19.9 Å². The van der Waals surface area contributed by atoms with Crippen LogP contribution in [0.1, 0.15) is 34.7 Å². The van der Waals surface area contributed by atoms with E-state index < -0.39 is 0 Å². The van der Waals surface area contributed by atoms with Crippen molar-refractivity contribution < 1.29 is 18.8 Å². The zero-order valence-corrected chi connectivity index (χ0v) is 16.1. The van der Waals surface area contributed by atoms with Crippen LogP contribution in [0.4, 0.5) is 11.4 Å². The lowest BCUT2D eigenvalue weighted by atomic mass is 10.1. The summed E-state index contributed by atoms with van der Waals surface area (Å²) < 4.78 is 5.64. The highest BCUT2D eigenvalue weighted by molar-refractivity contribution is 6.20. The molecule has 146 valence electrons. The van der Waals surface area contributed by atoms with E-state index in [-0.39, 0.29) is 30.6 Å². The monoisotopic (exact) mass is 389 g/mol. The van der Waals surface area contributed by atoms with E-state index in [0.29, 0.717) is 22.8 Å². The van der Waals surface area contributed by atoms with Crippen LogP contribution < -0.4 is 10.2 Å². The Hall–Kier alpha value is -3.74. The highest BCUT2D eigenvalue weighted by Crippen LogP contribution is 2.26. The van der Waals surface area contributed by atoms with Crippen LogP contribution in [0.2, 0.25) is 0 Å². The van der Waals surface area contributed by atoms with E-state index in [1.165, 1.54) is 0 Å². The lowest BCUT2D eigenvalue weighted by Crippen LogP contribution is -2.28. The predicted molar refractivity (Wildman–Crippen MR) is 108 cm³/mol. The smallest absolute Gasteiger partial charge is 0.255 e. The van der Waals surface area contributed by atoms with Gasteiger partial charge in [-0.1, -0.05) is 12.1 Å². The Bertz CT molecular complexity index is 1100. The third-order valence-corrected chi connectivity index (χ3v) is 4.81. The second kappa shape index (κ2) is 7.35. The Morgan fingerprint density at radius 3 is 2.45 bits per heavy atom. The van der Waals surface area contributed by atoms with E-state index in [1.54, 1.807) is 42.5 Å². The van der Waals surface area contributed by atoms with E-state index in [2.05, 4.69) is 10.3 Å². The third-order valence-electron chi connectivity index (χ3n) is 4.81. The van der Waals surface area contributed by atoms with Gasteiger partial charge in [-0.25, -0.2) is 4.98 Å². The Morgan fingerprint density at radius 2 is 1.76 bits per heavy atom. The maximum Gasteiger partial charge on any atom is 0.255 e. The molecule has 7 nitrogen and oxygen atoms in total. The van der Waals surface area contributed by atoms with E-state index in [4.69, 9.17) is 4.42 Å². The number of aromatic nitrogens is 1. The number of nitrogens with zero attached hydrogens (tertiary/aromatic N) is 2. The Morgan fingerprint density at radius 1 is 1.03 bits per heavy atom. The fraction of sp³-hybridized carbons (Fsp3) is 0.182. The molecular weight excluding hydrogens is 370 g/mol. The molecule has 0 atom stereocenters. The summed E-state index contributed by atoms with van der Waals surface area (Å²) in [5.41, 5.74) is 2.91. The third kappa shape index (κ3) is 3.67. The predicted octanol–water partition coefficient (Wildman–Crippen LogP) is 3.86. The minimum atomic E-state index is -0.345. The summed E-state index contributed by atoms with van der Waals surface area (Å²) in [7, 11) is 0. The number of benzene rings is 2. The molecule has 1 N–H and O–H groups in total. The van der Waals surface area contributed by atoms with Crippen molar-refractivity contribution in [2.75, 3.05) is 10.2 Å².